The van der Waals surface area contributed by atoms with Gasteiger partial charge in [0.1, 0.15) is 4.99 Å². The summed E-state index contributed by atoms with van der Waals surface area (Å²) in [6, 6.07) is 8.10. The quantitative estimate of drug-likeness (QED) is 0.488. The molecular formula is C12H7BrN2S3. The van der Waals surface area contributed by atoms with Crippen LogP contribution in [0.25, 0.3) is 20.7 Å². The van der Waals surface area contributed by atoms with Crippen LogP contribution in [-0.4, -0.2) is 4.99 Å². The smallest absolute Gasteiger partial charge is 0.221 e. The molecule has 6 heteroatoms. The second kappa shape index (κ2) is 5.76. The van der Waals surface area contributed by atoms with Gasteiger partial charge in [-0.25, -0.2) is 4.85 Å². The molecule has 0 radical (unpaired) electrons. The molecule has 0 aliphatic rings. The van der Waals surface area contributed by atoms with E-state index in [1.165, 1.54) is 9.75 Å². The molecule has 0 aromatic carbocycles. The van der Waals surface area contributed by atoms with Gasteiger partial charge in [-0.2, -0.15) is 0 Å². The van der Waals surface area contributed by atoms with E-state index >= 15 is 0 Å². The average molecular weight is 355 g/mol. The lowest BCUT2D eigenvalue weighted by molar-refractivity contribution is 1.73. The Labute approximate surface area is 127 Å². The molecule has 2 nitrogen and oxygen atoms in total. The molecule has 0 bridgehead atoms. The van der Waals surface area contributed by atoms with Crippen LogP contribution in [0.2, 0.25) is 0 Å². The van der Waals surface area contributed by atoms with Gasteiger partial charge in [-0.1, -0.05) is 12.2 Å². The monoisotopic (exact) mass is 354 g/mol. The van der Waals surface area contributed by atoms with Gasteiger partial charge in [-0.15, -0.1) is 22.7 Å². The van der Waals surface area contributed by atoms with Crippen LogP contribution in [0.1, 0.15) is 4.88 Å². The molecule has 0 fully saturated rings. The number of hydrogen-bond donors (Lipinski definition) is 1. The highest BCUT2D eigenvalue weighted by Gasteiger charge is 2.06. The van der Waals surface area contributed by atoms with Crippen molar-refractivity contribution in [3.8, 4) is 9.75 Å². The van der Waals surface area contributed by atoms with E-state index in [0.29, 0.717) is 5.70 Å². The molecule has 2 N–H and O–H groups in total. The molecule has 2 heterocycles. The third-order valence-electron chi connectivity index (χ3n) is 2.09. The third-order valence-corrected chi connectivity index (χ3v) is 5.16. The molecule has 2 aromatic heterocycles. The number of hydrogen-bond acceptors (Lipinski definition) is 3. The lowest BCUT2D eigenvalue weighted by Crippen LogP contribution is -2.08. The first kappa shape index (κ1) is 13.4. The van der Waals surface area contributed by atoms with Gasteiger partial charge in [0.05, 0.1) is 10.4 Å². The van der Waals surface area contributed by atoms with Crippen molar-refractivity contribution >= 4 is 61.9 Å². The van der Waals surface area contributed by atoms with Crippen LogP contribution < -0.4 is 5.73 Å². The Bertz CT molecular complexity index is 661. The summed E-state index contributed by atoms with van der Waals surface area (Å²) in [6.07, 6.45) is 1.73. The molecule has 0 aliphatic carbocycles. The predicted octanol–water partition coefficient (Wildman–Crippen LogP) is 4.79. The molecule has 90 valence electrons. The van der Waals surface area contributed by atoms with E-state index < -0.39 is 0 Å². The Kier molecular flexibility index (Phi) is 4.30. The van der Waals surface area contributed by atoms with Gasteiger partial charge in [0.25, 0.3) is 0 Å². The van der Waals surface area contributed by atoms with Crippen LogP contribution >= 0.6 is 50.8 Å². The van der Waals surface area contributed by atoms with Crippen LogP contribution in [0.3, 0.4) is 0 Å². The van der Waals surface area contributed by atoms with Crippen LogP contribution in [0.4, 0.5) is 0 Å². The minimum atomic E-state index is 0.138. The van der Waals surface area contributed by atoms with Gasteiger partial charge >= 0.3 is 0 Å². The molecular weight excluding hydrogens is 348 g/mol. The van der Waals surface area contributed by atoms with Crippen LogP contribution in [0, 0.1) is 6.57 Å². The van der Waals surface area contributed by atoms with Crippen molar-refractivity contribution in [2.45, 2.75) is 0 Å². The molecule has 0 atom stereocenters. The maximum Gasteiger partial charge on any atom is 0.221 e. The molecule has 0 unspecified atom stereocenters. The van der Waals surface area contributed by atoms with E-state index in [1.54, 1.807) is 28.7 Å². The van der Waals surface area contributed by atoms with Crippen molar-refractivity contribution in [2.75, 3.05) is 0 Å². The maximum absolute atomic E-state index is 7.00. The number of nitrogens with zero attached hydrogens (tertiary/aromatic N) is 1. The van der Waals surface area contributed by atoms with E-state index in [0.717, 1.165) is 8.66 Å². The van der Waals surface area contributed by atoms with Crippen molar-refractivity contribution < 1.29 is 0 Å². The number of thiophene rings is 2. The van der Waals surface area contributed by atoms with E-state index in [4.69, 9.17) is 24.5 Å². The van der Waals surface area contributed by atoms with Gasteiger partial charge in [-0.05, 0) is 46.3 Å². The molecule has 0 aliphatic heterocycles. The highest BCUT2D eigenvalue weighted by atomic mass is 79.9. The molecule has 0 saturated heterocycles. The Hall–Kier alpha value is -1.000. The highest BCUT2D eigenvalue weighted by Crippen LogP contribution is 2.36. The van der Waals surface area contributed by atoms with Crippen molar-refractivity contribution in [1.82, 2.24) is 0 Å². The largest absolute Gasteiger partial charge is 0.399 e. The third kappa shape index (κ3) is 3.06. The Morgan fingerprint density at radius 1 is 1.28 bits per heavy atom. The molecule has 0 saturated carbocycles. The summed E-state index contributed by atoms with van der Waals surface area (Å²) in [5.41, 5.74) is 5.79. The molecule has 0 amide bonds. The lowest BCUT2D eigenvalue weighted by Gasteiger charge is -1.92. The zero-order valence-corrected chi connectivity index (χ0v) is 13.0. The predicted molar refractivity (Wildman–Crippen MR) is 86.7 cm³/mol. The van der Waals surface area contributed by atoms with Crippen molar-refractivity contribution in [3.05, 3.63) is 50.0 Å². The highest BCUT2D eigenvalue weighted by molar-refractivity contribution is 9.11. The zero-order chi connectivity index (χ0) is 13.1. The average Bonchev–Trinajstić information content (AvgIpc) is 2.94. The standard InChI is InChI=1S/C12H7BrN2S3/c1-15-8(12(14)16)6-7-2-3-9(17-7)10-4-5-11(13)18-10/h2-6H,(H2,14,16)/b8-6-. The first-order valence-electron chi connectivity index (χ1n) is 4.84. The fourth-order valence-corrected chi connectivity index (χ4v) is 3.83. The van der Waals surface area contributed by atoms with Crippen molar-refractivity contribution in [1.29, 1.82) is 0 Å². The van der Waals surface area contributed by atoms with E-state index in [2.05, 4.69) is 26.8 Å². The van der Waals surface area contributed by atoms with E-state index in [-0.39, 0.29) is 4.99 Å². The molecule has 18 heavy (non-hydrogen) atoms. The Balaban J connectivity index is 2.32. The van der Waals surface area contributed by atoms with Crippen LogP contribution in [-0.2, 0) is 0 Å². The molecule has 2 rings (SSSR count). The SMILES string of the molecule is [C-]#[N+]/C(=C\c1ccc(-c2ccc(Br)s2)s1)C(N)=S. The number of nitrogens with two attached hydrogens (primary N) is 1. The van der Waals surface area contributed by atoms with Crippen LogP contribution in [0.15, 0.2) is 33.7 Å². The summed E-state index contributed by atoms with van der Waals surface area (Å²) in [5.74, 6) is 0. The summed E-state index contributed by atoms with van der Waals surface area (Å²) in [5, 5.41) is 0. The first-order chi connectivity index (χ1) is 8.60. The fourth-order valence-electron chi connectivity index (χ4n) is 1.30. The maximum atomic E-state index is 7.00. The minimum absolute atomic E-state index is 0.138. The fraction of sp³-hybridized carbons (Fsp3) is 0. The number of rotatable bonds is 3. The summed E-state index contributed by atoms with van der Waals surface area (Å²) in [6.45, 7) is 7.00. The Morgan fingerprint density at radius 3 is 2.50 bits per heavy atom. The van der Waals surface area contributed by atoms with E-state index in [1.807, 2.05) is 18.2 Å². The van der Waals surface area contributed by atoms with Crippen molar-refractivity contribution in [2.24, 2.45) is 5.73 Å². The zero-order valence-electron chi connectivity index (χ0n) is 9.01. The number of thiocarbonyl (C=S) groups is 1. The Morgan fingerprint density at radius 2 is 1.94 bits per heavy atom. The summed E-state index contributed by atoms with van der Waals surface area (Å²) in [7, 11) is 0. The van der Waals surface area contributed by atoms with Gasteiger partial charge in [0, 0.05) is 14.6 Å². The summed E-state index contributed by atoms with van der Waals surface area (Å²) >= 11 is 11.6. The lowest BCUT2D eigenvalue weighted by atomic mass is 10.3. The van der Waals surface area contributed by atoms with E-state index in [9.17, 15) is 0 Å². The van der Waals surface area contributed by atoms with Gasteiger partial charge < -0.3 is 5.73 Å². The first-order valence-corrected chi connectivity index (χ1v) is 7.68. The van der Waals surface area contributed by atoms with Crippen molar-refractivity contribution in [3.63, 3.8) is 0 Å². The van der Waals surface area contributed by atoms with Gasteiger partial charge in [0.15, 0.2) is 0 Å². The summed E-state index contributed by atoms with van der Waals surface area (Å²) < 4.78 is 1.10. The van der Waals surface area contributed by atoms with Crippen LogP contribution in [0.5, 0.6) is 0 Å². The molecule has 2 aromatic rings. The molecule has 0 spiro atoms. The second-order valence-corrected chi connectivity index (χ2v) is 7.33. The topological polar surface area (TPSA) is 30.4 Å². The van der Waals surface area contributed by atoms with Gasteiger partial charge in [-0.3, -0.25) is 0 Å². The summed E-state index contributed by atoms with van der Waals surface area (Å²) in [4.78, 5) is 6.80. The van der Waals surface area contributed by atoms with Gasteiger partial charge in [0.2, 0.25) is 5.70 Å². The second-order valence-electron chi connectivity index (χ2n) is 3.31. The normalized spacial score (nSPS) is 11.2. The number of halogens is 1. The minimum Gasteiger partial charge on any atom is -0.399 e.